The van der Waals surface area contributed by atoms with Crippen molar-refractivity contribution in [3.63, 3.8) is 0 Å². The second-order valence-corrected chi connectivity index (χ2v) is 9.32. The Morgan fingerprint density at radius 3 is 2.58 bits per heavy atom. The van der Waals surface area contributed by atoms with Gasteiger partial charge in [0.2, 0.25) is 0 Å². The monoisotopic (exact) mass is 556 g/mol. The van der Waals surface area contributed by atoms with E-state index in [9.17, 15) is 31.9 Å². The molecular formula is C22H20F4N6O5S. The molecular weight excluding hydrogens is 536 g/mol. The van der Waals surface area contributed by atoms with Gasteiger partial charge in [-0.3, -0.25) is 9.59 Å². The molecule has 0 radical (unpaired) electrons. The molecule has 2 amide bonds. The second kappa shape index (κ2) is 9.51. The number of thiazole rings is 1. The van der Waals surface area contributed by atoms with Crippen molar-refractivity contribution in [1.29, 1.82) is 0 Å². The lowest BCUT2D eigenvalue weighted by atomic mass is 10.1. The van der Waals surface area contributed by atoms with E-state index >= 15 is 0 Å². The van der Waals surface area contributed by atoms with Crippen LogP contribution in [0.4, 0.5) is 34.1 Å². The van der Waals surface area contributed by atoms with Crippen LogP contribution >= 0.6 is 11.3 Å². The number of hydrogen-bond acceptors (Lipinski definition) is 10. The third-order valence-electron chi connectivity index (χ3n) is 5.55. The summed E-state index contributed by atoms with van der Waals surface area (Å²) in [6.07, 6.45) is -4.87. The zero-order valence-electron chi connectivity index (χ0n) is 20.0. The quantitative estimate of drug-likeness (QED) is 0.296. The van der Waals surface area contributed by atoms with Crippen molar-refractivity contribution >= 4 is 55.8 Å². The van der Waals surface area contributed by atoms with Crippen molar-refractivity contribution < 1.29 is 41.4 Å². The van der Waals surface area contributed by atoms with Crippen LogP contribution in [0, 0.1) is 5.82 Å². The summed E-state index contributed by atoms with van der Waals surface area (Å²) in [5.74, 6) is -5.89. The van der Waals surface area contributed by atoms with Gasteiger partial charge in [0, 0.05) is 33.3 Å². The van der Waals surface area contributed by atoms with Gasteiger partial charge in [-0.2, -0.15) is 0 Å². The van der Waals surface area contributed by atoms with Gasteiger partial charge in [0.1, 0.15) is 11.6 Å². The molecule has 202 valence electrons. The largest absolute Gasteiger partial charge is 0.573 e. The Morgan fingerprint density at radius 1 is 1.24 bits per heavy atom. The lowest BCUT2D eigenvalue weighted by molar-refractivity contribution is -0.274. The van der Waals surface area contributed by atoms with Gasteiger partial charge in [-0.1, -0.05) is 11.3 Å². The summed E-state index contributed by atoms with van der Waals surface area (Å²) in [6.45, 7) is -0.601. The average molecular weight is 556 g/mol. The first kappa shape index (κ1) is 26.7. The average Bonchev–Trinajstić information content (AvgIpc) is 3.33. The number of primary amides is 1. The fourth-order valence-electron chi connectivity index (χ4n) is 3.60. The smallest absolute Gasteiger partial charge is 0.452 e. The maximum Gasteiger partial charge on any atom is 0.573 e. The highest BCUT2D eigenvalue weighted by Crippen LogP contribution is 2.42. The van der Waals surface area contributed by atoms with E-state index in [2.05, 4.69) is 20.4 Å². The van der Waals surface area contributed by atoms with Crippen LogP contribution in [0.5, 0.6) is 5.75 Å². The molecule has 2 aromatic carbocycles. The van der Waals surface area contributed by atoms with Gasteiger partial charge in [-0.05, 0) is 18.2 Å². The van der Waals surface area contributed by atoms with E-state index in [0.717, 1.165) is 35.6 Å². The molecule has 0 spiro atoms. The highest BCUT2D eigenvalue weighted by molar-refractivity contribution is 7.22. The van der Waals surface area contributed by atoms with E-state index in [0.29, 0.717) is 10.2 Å². The Balaban J connectivity index is 1.61. The zero-order chi connectivity index (χ0) is 28.0. The number of amides is 2. The maximum atomic E-state index is 14.8. The molecule has 3 aromatic rings. The van der Waals surface area contributed by atoms with Gasteiger partial charge < -0.3 is 35.6 Å². The predicted octanol–water partition coefficient (Wildman–Crippen LogP) is 2.69. The fourth-order valence-corrected chi connectivity index (χ4v) is 4.55. The zero-order valence-corrected chi connectivity index (χ0v) is 20.8. The number of ether oxygens (including phenoxy) is 2. The highest BCUT2D eigenvalue weighted by Gasteiger charge is 2.48. The van der Waals surface area contributed by atoms with Crippen molar-refractivity contribution in [2.45, 2.75) is 12.1 Å². The number of nitrogens with zero attached hydrogens (tertiary/aromatic N) is 3. The van der Waals surface area contributed by atoms with Crippen LogP contribution in [0.15, 0.2) is 30.3 Å². The summed E-state index contributed by atoms with van der Waals surface area (Å²) < 4.78 is 61.6. The molecule has 1 aromatic heterocycles. The Morgan fingerprint density at radius 2 is 1.95 bits per heavy atom. The Bertz CT molecular complexity index is 1450. The van der Waals surface area contributed by atoms with Crippen LogP contribution in [0.1, 0.15) is 10.4 Å². The van der Waals surface area contributed by atoms with Crippen molar-refractivity contribution in [1.82, 2.24) is 9.88 Å². The molecule has 0 saturated heterocycles. The van der Waals surface area contributed by atoms with Gasteiger partial charge >= 0.3 is 12.3 Å². The van der Waals surface area contributed by atoms with Gasteiger partial charge in [-0.15, -0.1) is 13.2 Å². The molecule has 1 aliphatic heterocycles. The Labute approximate surface area is 216 Å². The summed E-state index contributed by atoms with van der Waals surface area (Å²) in [4.78, 5) is 43.5. The number of carbonyl (C=O) groups excluding carboxylic acids is 3. The molecule has 4 rings (SSSR count). The van der Waals surface area contributed by atoms with Gasteiger partial charge in [0.15, 0.2) is 11.7 Å². The van der Waals surface area contributed by atoms with E-state index in [1.165, 1.54) is 37.0 Å². The number of nitrogens with two attached hydrogens (primary N) is 1. The molecule has 1 aliphatic rings. The number of nitrogens with one attached hydrogen (secondary N) is 2. The molecule has 4 N–H and O–H groups in total. The minimum atomic E-state index is -4.87. The summed E-state index contributed by atoms with van der Waals surface area (Å²) in [6, 6.07) is 5.63. The molecule has 38 heavy (non-hydrogen) atoms. The van der Waals surface area contributed by atoms with Crippen molar-refractivity contribution in [2.24, 2.45) is 5.73 Å². The van der Waals surface area contributed by atoms with Crippen LogP contribution in [0.3, 0.4) is 0 Å². The van der Waals surface area contributed by atoms with Crippen molar-refractivity contribution in [3.8, 4) is 5.75 Å². The van der Waals surface area contributed by atoms with Crippen LogP contribution in [-0.4, -0.2) is 67.6 Å². The van der Waals surface area contributed by atoms with Crippen LogP contribution in [0.2, 0.25) is 0 Å². The topological polar surface area (TPSA) is 139 Å². The molecule has 11 nitrogen and oxygen atoms in total. The third kappa shape index (κ3) is 5.06. The maximum absolute atomic E-state index is 14.8. The number of hydrogen-bond donors (Lipinski definition) is 3. The highest BCUT2D eigenvalue weighted by atomic mass is 32.1. The van der Waals surface area contributed by atoms with Gasteiger partial charge in [0.25, 0.3) is 17.6 Å². The van der Waals surface area contributed by atoms with Crippen molar-refractivity contribution in [3.05, 3.63) is 41.7 Å². The number of likely N-dealkylation sites (N-methyl/N-ethyl adjacent to an activating group) is 2. The van der Waals surface area contributed by atoms with Crippen LogP contribution < -0.4 is 26.0 Å². The van der Waals surface area contributed by atoms with Crippen LogP contribution in [0.25, 0.3) is 10.2 Å². The number of fused-ring (bicyclic) bond motifs is 2. The van der Waals surface area contributed by atoms with E-state index in [4.69, 9.17) is 10.5 Å². The lowest BCUT2D eigenvalue weighted by Gasteiger charge is -2.34. The predicted molar refractivity (Wildman–Crippen MR) is 129 cm³/mol. The number of esters is 1. The number of aromatic nitrogens is 1. The molecule has 0 aliphatic carbocycles. The number of halogens is 4. The number of alkyl halides is 3. The van der Waals surface area contributed by atoms with E-state index in [1.54, 1.807) is 0 Å². The number of anilines is 3. The Hall–Kier alpha value is -4.34. The fraction of sp³-hybridized carbons (Fsp3) is 0.273. The minimum Gasteiger partial charge on any atom is -0.452 e. The number of carbonyl (C=O) groups is 3. The van der Waals surface area contributed by atoms with Gasteiger partial charge in [-0.25, -0.2) is 14.2 Å². The summed E-state index contributed by atoms with van der Waals surface area (Å²) in [5, 5.41) is 5.74. The first-order valence-electron chi connectivity index (χ1n) is 10.7. The molecule has 0 bridgehead atoms. The normalized spacial score (nSPS) is 16.6. The van der Waals surface area contributed by atoms with Crippen molar-refractivity contribution in [2.75, 3.05) is 43.3 Å². The lowest BCUT2D eigenvalue weighted by Crippen LogP contribution is -2.64. The van der Waals surface area contributed by atoms with Crippen LogP contribution in [-0.2, 0) is 14.3 Å². The van der Waals surface area contributed by atoms with E-state index in [-0.39, 0.29) is 16.5 Å². The molecule has 0 fully saturated rings. The standard InChI is InChI=1S/C22H20F4N6O5S/c1-31(2)17(33)9-36-18(34)11-7-14-15(8-12(11)23)32(3)21(29-14,19(27)35)30-20-28-13-5-4-10(6-16(13)38-20)37-22(24,25)26/h4-8,29H,9H2,1-3H3,(H2,27,35)(H,28,30). The summed E-state index contributed by atoms with van der Waals surface area (Å²) in [5.41, 5.74) is 5.79. The second-order valence-electron chi connectivity index (χ2n) is 8.29. The SMILES string of the molecule is CN(C)C(=O)COC(=O)c1cc2c(cc1F)N(C)C(Nc1nc3ccc(OC(F)(F)F)cc3s1)(C(N)=O)N2. The van der Waals surface area contributed by atoms with Gasteiger partial charge in [0.05, 0.1) is 27.2 Å². The minimum absolute atomic E-state index is 0.0948. The summed E-state index contributed by atoms with van der Waals surface area (Å²) in [7, 11) is 4.35. The number of benzene rings is 2. The van der Waals surface area contributed by atoms with E-state index < -0.39 is 53.7 Å². The first-order valence-corrected chi connectivity index (χ1v) is 11.5. The summed E-state index contributed by atoms with van der Waals surface area (Å²) >= 11 is 0.916. The van der Waals surface area contributed by atoms with E-state index in [1.807, 2.05) is 0 Å². The molecule has 1 unspecified atom stereocenters. The molecule has 2 heterocycles. The third-order valence-corrected chi connectivity index (χ3v) is 6.48. The number of rotatable bonds is 7. The first-order chi connectivity index (χ1) is 17.7. The molecule has 16 heteroatoms. The Kier molecular flexibility index (Phi) is 6.69. The molecule has 1 atom stereocenters. The molecule has 0 saturated carbocycles.